The van der Waals surface area contributed by atoms with Crippen LogP contribution in [-0.4, -0.2) is 41.4 Å². The van der Waals surface area contributed by atoms with Crippen molar-refractivity contribution in [2.24, 2.45) is 46.3 Å². The first kappa shape index (κ1) is 32.6. The van der Waals surface area contributed by atoms with Crippen molar-refractivity contribution in [3.05, 3.63) is 46.2 Å². The minimum Gasteiger partial charge on any atom is -0.374 e. The van der Waals surface area contributed by atoms with Crippen LogP contribution in [0.3, 0.4) is 0 Å². The number of fused-ring (bicyclic) bond motifs is 8. The summed E-state index contributed by atoms with van der Waals surface area (Å²) in [5.74, 6) is 5.72. The molecule has 9 aliphatic rings. The second kappa shape index (κ2) is 13.0. The summed E-state index contributed by atoms with van der Waals surface area (Å²) >= 11 is 7.36. The Labute approximate surface area is 298 Å². The van der Waals surface area contributed by atoms with Crippen LogP contribution >= 0.6 is 11.6 Å². The maximum absolute atomic E-state index is 7.36. The molecule has 0 aromatic rings. The molecule has 262 valence electrons. The molecule has 0 N–H and O–H groups in total. The van der Waals surface area contributed by atoms with Crippen molar-refractivity contribution in [1.82, 2.24) is 4.90 Å². The lowest BCUT2D eigenvalue weighted by Crippen LogP contribution is -2.48. The largest absolute Gasteiger partial charge is 0.374 e. The van der Waals surface area contributed by atoms with Crippen molar-refractivity contribution >= 4 is 17.3 Å². The van der Waals surface area contributed by atoms with Gasteiger partial charge in [0.1, 0.15) is 7.05 Å². The van der Waals surface area contributed by atoms with Crippen molar-refractivity contribution < 1.29 is 4.58 Å². The third-order valence-electron chi connectivity index (χ3n) is 17.0. The fourth-order valence-corrected chi connectivity index (χ4v) is 15.5. The van der Waals surface area contributed by atoms with Gasteiger partial charge < -0.3 is 4.90 Å². The minimum absolute atomic E-state index is 0.416. The van der Waals surface area contributed by atoms with Gasteiger partial charge in [-0.1, -0.05) is 101 Å². The van der Waals surface area contributed by atoms with Crippen LogP contribution in [0.2, 0.25) is 0 Å². The van der Waals surface area contributed by atoms with Crippen LogP contribution in [0.4, 0.5) is 0 Å². The molecule has 2 aliphatic heterocycles. The van der Waals surface area contributed by atoms with Gasteiger partial charge in [-0.25, -0.2) is 4.58 Å². The van der Waals surface area contributed by atoms with Crippen LogP contribution in [0.1, 0.15) is 154 Å². The molecular weight excluding hydrogens is 604 g/mol. The zero-order chi connectivity index (χ0) is 32.5. The summed E-state index contributed by atoms with van der Waals surface area (Å²) in [4.78, 5) is 2.80. The van der Waals surface area contributed by atoms with E-state index in [2.05, 4.69) is 47.9 Å². The lowest BCUT2D eigenvalue weighted by Gasteiger charge is -2.50. The Kier molecular flexibility index (Phi) is 8.86. The molecule has 1 saturated heterocycles. The Balaban J connectivity index is 1.01. The van der Waals surface area contributed by atoms with Crippen LogP contribution < -0.4 is 0 Å². The van der Waals surface area contributed by atoms with E-state index in [1.807, 2.05) is 0 Å². The van der Waals surface area contributed by atoms with E-state index >= 15 is 0 Å². The van der Waals surface area contributed by atoms with E-state index in [1.54, 1.807) is 11.4 Å². The average molecular weight is 670 g/mol. The summed E-state index contributed by atoms with van der Waals surface area (Å²) in [6.07, 6.45) is 44.4. The second-order valence-electron chi connectivity index (χ2n) is 18.7. The number of allylic oxidation sites excluding steroid dienone is 8. The summed E-state index contributed by atoms with van der Waals surface area (Å²) < 4.78 is 2.80. The van der Waals surface area contributed by atoms with E-state index in [-0.39, 0.29) is 0 Å². The Bertz CT molecular complexity index is 1400. The van der Waals surface area contributed by atoms with Crippen molar-refractivity contribution in [3.8, 4) is 0 Å². The van der Waals surface area contributed by atoms with E-state index in [9.17, 15) is 0 Å². The lowest BCUT2D eigenvalue weighted by molar-refractivity contribution is -0.541. The summed E-state index contributed by atoms with van der Waals surface area (Å²) in [5, 5.41) is 1.06. The number of likely N-dealkylation sites (tertiary alicyclic amines) is 1. The number of hydrogen-bond acceptors (Lipinski definition) is 1. The highest BCUT2D eigenvalue weighted by Crippen LogP contribution is 2.64. The standard InChI is InChI=1S/C45H66ClN2/c1-47-37-23-19-31-13-5-7-15-35(31)41(37)44(27-9-3-10-28-44)39(47)25-21-33-17-18-34(43(33)46)22-26-40-45(29-11-4-12-30-45)42-36-16-8-6-14-32(36)20-24-38(42)48(40)2/h21-22,25-26,31-32,35-38,41-42H,3-20,23-24,27-30H2,1-2H3/q+1. The summed E-state index contributed by atoms with van der Waals surface area (Å²) in [6.45, 7) is 0. The highest BCUT2D eigenvalue weighted by molar-refractivity contribution is 6.33. The number of nitrogens with zero attached hydrogens (tertiary/aromatic N) is 2. The van der Waals surface area contributed by atoms with Crippen molar-refractivity contribution in [2.75, 3.05) is 14.1 Å². The number of halogens is 1. The van der Waals surface area contributed by atoms with Crippen LogP contribution in [0.5, 0.6) is 0 Å². The zero-order valence-electron chi connectivity index (χ0n) is 30.7. The van der Waals surface area contributed by atoms with Gasteiger partial charge in [0, 0.05) is 47.6 Å². The smallest absolute Gasteiger partial charge is 0.182 e. The van der Waals surface area contributed by atoms with E-state index in [1.165, 1.54) is 152 Å². The van der Waals surface area contributed by atoms with Gasteiger partial charge in [-0.2, -0.15) is 0 Å². The van der Waals surface area contributed by atoms with E-state index in [4.69, 9.17) is 11.6 Å². The topological polar surface area (TPSA) is 6.25 Å². The average Bonchev–Trinajstić information content (AvgIpc) is 3.68. The van der Waals surface area contributed by atoms with Gasteiger partial charge in [0.15, 0.2) is 11.8 Å². The van der Waals surface area contributed by atoms with Gasteiger partial charge in [0.25, 0.3) is 0 Å². The molecule has 3 heteroatoms. The number of rotatable bonds is 3. The third-order valence-corrected chi connectivity index (χ3v) is 17.5. The summed E-state index contributed by atoms with van der Waals surface area (Å²) in [5.41, 5.74) is 7.00. The van der Waals surface area contributed by atoms with E-state index < -0.39 is 0 Å². The van der Waals surface area contributed by atoms with Crippen LogP contribution in [0, 0.1) is 46.3 Å². The molecule has 0 radical (unpaired) electrons. The maximum Gasteiger partial charge on any atom is 0.182 e. The normalized spacial score (nSPS) is 42.3. The monoisotopic (exact) mass is 669 g/mol. The van der Waals surface area contributed by atoms with Crippen LogP contribution in [-0.2, 0) is 0 Å². The first-order valence-electron chi connectivity index (χ1n) is 21.3. The Morgan fingerprint density at radius 1 is 0.646 bits per heavy atom. The van der Waals surface area contributed by atoms with Gasteiger partial charge in [0.2, 0.25) is 0 Å². The first-order valence-corrected chi connectivity index (χ1v) is 21.7. The summed E-state index contributed by atoms with van der Waals surface area (Å²) in [7, 11) is 4.94. The zero-order valence-corrected chi connectivity index (χ0v) is 31.4. The van der Waals surface area contributed by atoms with Gasteiger partial charge >= 0.3 is 0 Å². The highest BCUT2D eigenvalue weighted by atomic mass is 35.5. The molecule has 8 atom stereocenters. The summed E-state index contributed by atoms with van der Waals surface area (Å²) in [6, 6.07) is 1.53. The molecule has 0 aromatic carbocycles. The quantitative estimate of drug-likeness (QED) is 0.271. The fraction of sp³-hybridized carbons (Fsp3) is 0.800. The van der Waals surface area contributed by atoms with Crippen LogP contribution in [0.25, 0.3) is 0 Å². The molecule has 7 fully saturated rings. The van der Waals surface area contributed by atoms with Gasteiger partial charge in [-0.15, -0.1) is 0 Å². The van der Waals surface area contributed by atoms with Crippen molar-refractivity contribution in [3.63, 3.8) is 0 Å². The molecule has 2 nitrogen and oxygen atoms in total. The SMILES string of the molecule is CN1/C(=C/C=C2\CCC(/C=C/C3=[N+](C)C4CCC5CCCCC5C4C34CCCCC4)=C2Cl)C2(CCCCC2)C2C3CCCCC3CCC21. The van der Waals surface area contributed by atoms with Crippen molar-refractivity contribution in [1.29, 1.82) is 0 Å². The van der Waals surface area contributed by atoms with Crippen LogP contribution in [0.15, 0.2) is 46.2 Å². The van der Waals surface area contributed by atoms with Gasteiger partial charge in [0.05, 0.1) is 5.41 Å². The maximum atomic E-state index is 7.36. The molecular formula is C45H66ClN2+. The van der Waals surface area contributed by atoms with E-state index in [0.717, 1.165) is 65.5 Å². The van der Waals surface area contributed by atoms with Crippen molar-refractivity contribution in [2.45, 2.75) is 166 Å². The molecule has 6 saturated carbocycles. The Morgan fingerprint density at radius 2 is 1.27 bits per heavy atom. The van der Waals surface area contributed by atoms with Gasteiger partial charge in [-0.05, 0) is 117 Å². The molecule has 8 unspecified atom stereocenters. The molecule has 48 heavy (non-hydrogen) atoms. The first-order chi connectivity index (χ1) is 23.5. The molecule has 7 aliphatic carbocycles. The predicted octanol–water partition coefficient (Wildman–Crippen LogP) is 11.8. The molecule has 9 rings (SSSR count). The van der Waals surface area contributed by atoms with E-state index in [0.29, 0.717) is 10.8 Å². The molecule has 0 amide bonds. The third kappa shape index (κ3) is 5.08. The predicted molar refractivity (Wildman–Crippen MR) is 201 cm³/mol. The Hall–Kier alpha value is -1.28. The fourth-order valence-electron chi connectivity index (χ4n) is 15.1. The molecule has 0 aromatic heterocycles. The second-order valence-corrected chi connectivity index (χ2v) is 19.1. The molecule has 2 spiro atoms. The molecule has 2 heterocycles. The Morgan fingerprint density at radius 3 is 1.98 bits per heavy atom. The minimum atomic E-state index is 0.416. The number of hydrogen-bond donors (Lipinski definition) is 0. The van der Waals surface area contributed by atoms with Gasteiger partial charge in [-0.3, -0.25) is 0 Å². The molecule has 0 bridgehead atoms. The lowest BCUT2D eigenvalue weighted by atomic mass is 9.52. The highest BCUT2D eigenvalue weighted by Gasteiger charge is 2.63.